The van der Waals surface area contributed by atoms with Crippen LogP contribution < -0.4 is 10.1 Å². The molecule has 25 heavy (non-hydrogen) atoms. The predicted molar refractivity (Wildman–Crippen MR) is 92.7 cm³/mol. The summed E-state index contributed by atoms with van der Waals surface area (Å²) in [6, 6.07) is 5.40. The molecule has 2 heterocycles. The molecular weight excluding hydrogens is 322 g/mol. The van der Waals surface area contributed by atoms with Crippen LogP contribution in [0.4, 0.5) is 5.69 Å². The number of nitrogens with one attached hydrogen (secondary N) is 1. The van der Waals surface area contributed by atoms with E-state index in [1.807, 2.05) is 31.5 Å². The molecule has 0 saturated heterocycles. The van der Waals surface area contributed by atoms with E-state index in [1.165, 1.54) is 0 Å². The third-order valence-corrected chi connectivity index (χ3v) is 4.43. The Balaban J connectivity index is 1.72. The van der Waals surface area contributed by atoms with Crippen LogP contribution in [0.25, 0.3) is 0 Å². The highest BCUT2D eigenvalue weighted by Crippen LogP contribution is 2.30. The molecule has 0 spiro atoms. The second-order valence-corrected chi connectivity index (χ2v) is 6.30. The van der Waals surface area contributed by atoms with Crippen molar-refractivity contribution in [1.82, 2.24) is 20.1 Å². The molecule has 0 fully saturated rings. The summed E-state index contributed by atoms with van der Waals surface area (Å²) >= 11 is 0. The van der Waals surface area contributed by atoms with Gasteiger partial charge >= 0.3 is 5.69 Å². The Kier molecular flexibility index (Phi) is 4.98. The first-order chi connectivity index (χ1) is 12.0. The first-order valence-electron chi connectivity index (χ1n) is 8.55. The normalized spacial score (nSPS) is 17.8. The van der Waals surface area contributed by atoms with Gasteiger partial charge in [-0.2, -0.15) is 5.10 Å². The molecule has 2 aromatic rings. The highest BCUT2D eigenvalue weighted by atomic mass is 16.6. The van der Waals surface area contributed by atoms with Gasteiger partial charge in [-0.3, -0.25) is 10.1 Å². The third-order valence-electron chi connectivity index (χ3n) is 4.43. The molecule has 0 bridgehead atoms. The zero-order valence-corrected chi connectivity index (χ0v) is 14.7. The smallest absolute Gasteiger partial charge is 0.311 e. The number of nitrogens with zero attached hydrogens (tertiary/aromatic N) is 4. The highest BCUT2D eigenvalue weighted by molar-refractivity contribution is 5.49. The number of benzene rings is 1. The van der Waals surface area contributed by atoms with Crippen LogP contribution in [0.15, 0.2) is 18.2 Å². The Labute approximate surface area is 146 Å². The maximum atomic E-state index is 11.3. The molecule has 1 aliphatic rings. The number of aromatic nitrogens is 3. The summed E-state index contributed by atoms with van der Waals surface area (Å²) in [4.78, 5) is 15.3. The molecule has 0 unspecified atom stereocenters. The van der Waals surface area contributed by atoms with Crippen molar-refractivity contribution in [3.05, 3.63) is 45.5 Å². The second kappa shape index (κ2) is 7.18. The lowest BCUT2D eigenvalue weighted by Crippen LogP contribution is -2.39. The molecule has 1 aromatic heterocycles. The van der Waals surface area contributed by atoms with E-state index in [9.17, 15) is 10.1 Å². The summed E-state index contributed by atoms with van der Waals surface area (Å²) in [6.45, 7) is 6.89. The summed E-state index contributed by atoms with van der Waals surface area (Å²) in [5, 5.41) is 19.2. The number of ether oxygens (including phenoxy) is 1. The van der Waals surface area contributed by atoms with Crippen molar-refractivity contribution in [2.45, 2.75) is 52.2 Å². The van der Waals surface area contributed by atoms with Gasteiger partial charge in [0, 0.05) is 24.6 Å². The quantitative estimate of drug-likeness (QED) is 0.638. The number of nitro groups is 1. The fraction of sp³-hybridized carbons (Fsp3) is 0.529. The van der Waals surface area contributed by atoms with Gasteiger partial charge in [0.05, 0.1) is 18.1 Å². The largest absolute Gasteiger partial charge is 0.487 e. The lowest BCUT2D eigenvalue weighted by molar-refractivity contribution is -0.385. The van der Waals surface area contributed by atoms with E-state index in [2.05, 4.69) is 15.4 Å². The minimum atomic E-state index is -0.397. The minimum Gasteiger partial charge on any atom is -0.487 e. The van der Waals surface area contributed by atoms with Crippen LogP contribution in [0, 0.1) is 17.0 Å². The fourth-order valence-electron chi connectivity index (χ4n) is 3.24. The molecule has 1 N–H and O–H groups in total. The zero-order chi connectivity index (χ0) is 18.0. The van der Waals surface area contributed by atoms with Crippen LogP contribution in [-0.2, 0) is 13.0 Å². The molecule has 1 aliphatic heterocycles. The Morgan fingerprint density at radius 1 is 1.52 bits per heavy atom. The van der Waals surface area contributed by atoms with Crippen LogP contribution in [-0.4, -0.2) is 32.3 Å². The van der Waals surface area contributed by atoms with Crippen molar-refractivity contribution >= 4 is 5.69 Å². The van der Waals surface area contributed by atoms with E-state index in [1.54, 1.807) is 12.1 Å². The van der Waals surface area contributed by atoms with E-state index in [0.717, 1.165) is 36.6 Å². The lowest BCUT2D eigenvalue weighted by atomic mass is 10.0. The van der Waals surface area contributed by atoms with Gasteiger partial charge in [-0.1, -0.05) is 6.07 Å². The van der Waals surface area contributed by atoms with Gasteiger partial charge in [0.25, 0.3) is 0 Å². The predicted octanol–water partition coefficient (Wildman–Crippen LogP) is 2.56. The molecule has 2 atom stereocenters. The number of fused-ring (bicyclic) bond motifs is 1. The van der Waals surface area contributed by atoms with Gasteiger partial charge in [0.2, 0.25) is 0 Å². The molecule has 0 saturated carbocycles. The average Bonchev–Trinajstić information content (AvgIpc) is 2.94. The van der Waals surface area contributed by atoms with Crippen LogP contribution in [0.5, 0.6) is 5.75 Å². The van der Waals surface area contributed by atoms with Gasteiger partial charge < -0.3 is 10.1 Å². The van der Waals surface area contributed by atoms with Crippen molar-refractivity contribution < 1.29 is 9.66 Å². The van der Waals surface area contributed by atoms with Crippen molar-refractivity contribution in [2.75, 3.05) is 6.61 Å². The molecule has 0 amide bonds. The molecule has 8 nitrogen and oxygen atoms in total. The first kappa shape index (κ1) is 17.3. The van der Waals surface area contributed by atoms with E-state index < -0.39 is 4.92 Å². The number of rotatable bonds is 6. The maximum absolute atomic E-state index is 11.3. The molecule has 8 heteroatoms. The fourth-order valence-corrected chi connectivity index (χ4v) is 3.24. The maximum Gasteiger partial charge on any atom is 0.311 e. The molecule has 0 aliphatic carbocycles. The van der Waals surface area contributed by atoms with Crippen molar-refractivity contribution in [1.29, 1.82) is 0 Å². The molecule has 3 rings (SSSR count). The first-order valence-corrected chi connectivity index (χ1v) is 8.55. The lowest BCUT2D eigenvalue weighted by Gasteiger charge is -2.27. The Bertz CT molecular complexity index is 774. The number of hydrogen-bond acceptors (Lipinski definition) is 6. The van der Waals surface area contributed by atoms with Crippen LogP contribution in [0.3, 0.4) is 0 Å². The summed E-state index contributed by atoms with van der Waals surface area (Å²) < 4.78 is 7.29. The van der Waals surface area contributed by atoms with Crippen molar-refractivity contribution in [3.8, 4) is 5.75 Å². The number of aryl methyl sites for hydroxylation is 2. The number of hydrogen-bond donors (Lipinski definition) is 1. The zero-order valence-electron chi connectivity index (χ0n) is 14.7. The van der Waals surface area contributed by atoms with Gasteiger partial charge in [-0.05, 0) is 38.8 Å². The minimum absolute atomic E-state index is 0.00540. The Hall–Kier alpha value is -2.48. The Morgan fingerprint density at radius 3 is 3.04 bits per heavy atom. The van der Waals surface area contributed by atoms with Gasteiger partial charge in [0.15, 0.2) is 5.75 Å². The van der Waals surface area contributed by atoms with Crippen LogP contribution in [0.2, 0.25) is 0 Å². The Morgan fingerprint density at radius 2 is 2.32 bits per heavy atom. The summed E-state index contributed by atoms with van der Waals surface area (Å²) in [7, 11) is 0. The summed E-state index contributed by atoms with van der Waals surface area (Å²) in [5.41, 5.74) is 0.876. The molecule has 134 valence electrons. The monoisotopic (exact) mass is 345 g/mol. The van der Waals surface area contributed by atoms with Gasteiger partial charge in [0.1, 0.15) is 11.6 Å². The van der Waals surface area contributed by atoms with Crippen LogP contribution >= 0.6 is 0 Å². The van der Waals surface area contributed by atoms with E-state index in [-0.39, 0.29) is 17.8 Å². The van der Waals surface area contributed by atoms with Crippen molar-refractivity contribution in [3.63, 3.8) is 0 Å². The van der Waals surface area contributed by atoms with Crippen molar-refractivity contribution in [2.24, 2.45) is 0 Å². The summed E-state index contributed by atoms with van der Waals surface area (Å²) in [6.07, 6.45) is 1.86. The van der Waals surface area contributed by atoms with E-state index in [4.69, 9.17) is 4.74 Å². The molecule has 0 radical (unpaired) electrons. The van der Waals surface area contributed by atoms with E-state index >= 15 is 0 Å². The number of nitro benzene ring substituents is 1. The molecule has 1 aromatic carbocycles. The highest BCUT2D eigenvalue weighted by Gasteiger charge is 2.24. The topological polar surface area (TPSA) is 95.1 Å². The van der Waals surface area contributed by atoms with E-state index in [0.29, 0.717) is 12.4 Å². The molecular formula is C17H23N5O3. The SMILES string of the molecule is CCOc1ccc([C@@H](C)N[C@@H]2CCc3nc(C)nn3C2)cc1[N+](=O)[O-]. The standard InChI is InChI=1S/C17H23N5O3/c1-4-25-16-7-5-13(9-15(16)22(23)24)11(2)18-14-6-8-17-19-12(3)20-21(17)10-14/h5,7,9,11,14,18H,4,6,8,10H2,1-3H3/t11-,14-/m1/s1. The van der Waals surface area contributed by atoms with Gasteiger partial charge in [-0.25, -0.2) is 9.67 Å². The average molecular weight is 345 g/mol. The van der Waals surface area contributed by atoms with Crippen LogP contribution in [0.1, 0.15) is 43.5 Å². The second-order valence-electron chi connectivity index (χ2n) is 6.30. The van der Waals surface area contributed by atoms with Gasteiger partial charge in [-0.15, -0.1) is 0 Å². The summed E-state index contributed by atoms with van der Waals surface area (Å²) in [5.74, 6) is 2.13. The third kappa shape index (κ3) is 3.79.